The lowest BCUT2D eigenvalue weighted by Crippen LogP contribution is -2.59. The second kappa shape index (κ2) is 7.73. The number of nitrogens with one attached hydrogen (secondary N) is 2. The second-order valence-corrected chi connectivity index (χ2v) is 5.09. The van der Waals surface area contributed by atoms with Crippen LogP contribution in [0.2, 0.25) is 0 Å². The molecular weight excluding hydrogens is 166 g/mol. The summed E-state index contributed by atoms with van der Waals surface area (Å²) in [7, 11) is -1.02. The zero-order valence-electron chi connectivity index (χ0n) is 8.85. The Bertz CT molecular complexity index is 90.3. The van der Waals surface area contributed by atoms with Crippen LogP contribution in [0.15, 0.2) is 0 Å². The Kier molecular flexibility index (Phi) is 7.79. The number of nitrogens with zero attached hydrogens (tertiary/aromatic N) is 1. The van der Waals surface area contributed by atoms with Gasteiger partial charge >= 0.3 is 0 Å². The molecule has 2 N–H and O–H groups in total. The highest BCUT2D eigenvalue weighted by Gasteiger charge is 2.14. The topological polar surface area (TPSA) is 27.3 Å². The van der Waals surface area contributed by atoms with E-state index in [2.05, 4.69) is 42.2 Å². The van der Waals surface area contributed by atoms with Gasteiger partial charge in [0.25, 0.3) is 9.28 Å². The van der Waals surface area contributed by atoms with Crippen LogP contribution in [0.4, 0.5) is 0 Å². The highest BCUT2D eigenvalue weighted by molar-refractivity contribution is 6.50. The lowest BCUT2D eigenvalue weighted by atomic mass is 10.7. The minimum Gasteiger partial charge on any atom is -0.316 e. The third-order valence-electron chi connectivity index (χ3n) is 1.97. The first kappa shape index (κ1) is 12.1. The van der Waals surface area contributed by atoms with E-state index in [-0.39, 0.29) is 0 Å². The number of rotatable bonds is 7. The maximum absolute atomic E-state index is 3.54. The summed E-state index contributed by atoms with van der Waals surface area (Å²) in [5.74, 6) is 0. The van der Waals surface area contributed by atoms with Gasteiger partial charge in [0, 0.05) is 0 Å². The Balaban J connectivity index is 3.86. The largest absolute Gasteiger partial charge is 0.316 e. The van der Waals surface area contributed by atoms with Crippen LogP contribution in [0.25, 0.3) is 0 Å². The van der Waals surface area contributed by atoms with Crippen LogP contribution in [-0.2, 0) is 0 Å². The van der Waals surface area contributed by atoms with Gasteiger partial charge in [-0.1, -0.05) is 27.7 Å². The van der Waals surface area contributed by atoms with Crippen LogP contribution in [-0.4, -0.2) is 40.0 Å². The summed E-state index contributed by atoms with van der Waals surface area (Å²) in [4.78, 5) is 7.08. The van der Waals surface area contributed by atoms with Crippen LogP contribution >= 0.6 is 0 Å². The van der Waals surface area contributed by atoms with Gasteiger partial charge in [0.1, 0.15) is 0 Å². The molecular formula is C8H23N3Si. The molecule has 12 heavy (non-hydrogen) atoms. The Morgan fingerprint density at radius 1 is 0.917 bits per heavy atom. The molecule has 74 valence electrons. The van der Waals surface area contributed by atoms with Gasteiger partial charge in [-0.3, -0.25) is 0 Å². The molecule has 0 bridgehead atoms. The molecule has 0 atom stereocenters. The molecule has 0 aromatic carbocycles. The normalized spacial score (nSPS) is 11.5. The molecule has 0 unspecified atom stereocenters. The Hall–Kier alpha value is 0.0969. The maximum atomic E-state index is 3.54. The molecule has 0 amide bonds. The van der Waals surface area contributed by atoms with Crippen LogP contribution in [0.1, 0.15) is 27.7 Å². The van der Waals surface area contributed by atoms with Crippen LogP contribution in [0.5, 0.6) is 0 Å². The summed E-state index contributed by atoms with van der Waals surface area (Å²) in [5, 5.41) is 0. The van der Waals surface area contributed by atoms with Gasteiger partial charge in [-0.2, -0.15) is 0 Å². The van der Waals surface area contributed by atoms with Crippen LogP contribution < -0.4 is 9.96 Å². The van der Waals surface area contributed by atoms with Crippen molar-refractivity contribution in [3.8, 4) is 0 Å². The first-order valence-corrected chi connectivity index (χ1v) is 6.67. The highest BCUT2D eigenvalue weighted by atomic mass is 28.3. The zero-order valence-corrected chi connectivity index (χ0v) is 10.0. The highest BCUT2D eigenvalue weighted by Crippen LogP contribution is 1.87. The van der Waals surface area contributed by atoms with E-state index in [1.807, 2.05) is 0 Å². The van der Waals surface area contributed by atoms with Crippen molar-refractivity contribution < 1.29 is 0 Å². The van der Waals surface area contributed by atoms with E-state index >= 15 is 0 Å². The fourth-order valence-electron chi connectivity index (χ4n) is 1.31. The van der Waals surface area contributed by atoms with Crippen molar-refractivity contribution in [1.82, 2.24) is 14.5 Å². The monoisotopic (exact) mass is 189 g/mol. The molecule has 0 saturated heterocycles. The minimum atomic E-state index is -1.02. The molecule has 0 fully saturated rings. The molecule has 0 spiro atoms. The number of hydrogen-bond donors (Lipinski definition) is 2. The standard InChI is InChI=1S/C8H23N3Si/c1-5-9-12(10-6-2)11(7-3)8-4/h9-10,12H,5-8H2,1-4H3. The third-order valence-corrected chi connectivity index (χ3v) is 5.02. The van der Waals surface area contributed by atoms with E-state index in [1.165, 1.54) is 0 Å². The van der Waals surface area contributed by atoms with E-state index in [1.54, 1.807) is 0 Å². The smallest absolute Gasteiger partial charge is 0.267 e. The van der Waals surface area contributed by atoms with E-state index in [9.17, 15) is 0 Å². The summed E-state index contributed by atoms with van der Waals surface area (Å²) < 4.78 is 2.51. The summed E-state index contributed by atoms with van der Waals surface area (Å²) in [6.07, 6.45) is 0. The van der Waals surface area contributed by atoms with Crippen molar-refractivity contribution >= 4 is 9.28 Å². The summed E-state index contributed by atoms with van der Waals surface area (Å²) in [6.45, 7) is 13.2. The minimum absolute atomic E-state index is 1.02. The van der Waals surface area contributed by atoms with Crippen molar-refractivity contribution in [3.05, 3.63) is 0 Å². The Morgan fingerprint density at radius 2 is 1.33 bits per heavy atom. The lowest BCUT2D eigenvalue weighted by Gasteiger charge is -2.28. The third kappa shape index (κ3) is 4.20. The molecule has 0 aromatic heterocycles. The van der Waals surface area contributed by atoms with Crippen molar-refractivity contribution in [2.75, 3.05) is 26.2 Å². The second-order valence-electron chi connectivity index (χ2n) is 2.74. The molecule has 0 radical (unpaired) electrons. The van der Waals surface area contributed by atoms with Crippen LogP contribution in [0, 0.1) is 0 Å². The van der Waals surface area contributed by atoms with E-state index in [0.29, 0.717) is 0 Å². The van der Waals surface area contributed by atoms with Crippen molar-refractivity contribution in [2.45, 2.75) is 27.7 Å². The molecule has 4 heteroatoms. The van der Waals surface area contributed by atoms with Crippen LogP contribution in [0.3, 0.4) is 0 Å². The predicted molar refractivity (Wildman–Crippen MR) is 57.4 cm³/mol. The Morgan fingerprint density at radius 3 is 1.58 bits per heavy atom. The fraction of sp³-hybridized carbons (Fsp3) is 1.00. The van der Waals surface area contributed by atoms with Gasteiger partial charge in [-0.25, -0.2) is 0 Å². The van der Waals surface area contributed by atoms with E-state index < -0.39 is 9.28 Å². The summed E-state index contributed by atoms with van der Waals surface area (Å²) in [6, 6.07) is 0. The number of hydrogen-bond acceptors (Lipinski definition) is 3. The van der Waals surface area contributed by atoms with Gasteiger partial charge in [-0.15, -0.1) is 0 Å². The average Bonchev–Trinajstić information content (AvgIpc) is 2.07. The quantitative estimate of drug-likeness (QED) is 0.563. The van der Waals surface area contributed by atoms with Crippen molar-refractivity contribution in [3.63, 3.8) is 0 Å². The van der Waals surface area contributed by atoms with E-state index in [4.69, 9.17) is 0 Å². The molecule has 0 aliphatic carbocycles. The van der Waals surface area contributed by atoms with Gasteiger partial charge in [0.05, 0.1) is 0 Å². The van der Waals surface area contributed by atoms with Gasteiger partial charge in [0.2, 0.25) is 0 Å². The zero-order chi connectivity index (χ0) is 9.40. The molecule has 3 nitrogen and oxygen atoms in total. The van der Waals surface area contributed by atoms with Gasteiger partial charge in [-0.05, 0) is 26.2 Å². The SMILES string of the molecule is CCN[SiH](NCC)N(CC)CC. The molecule has 0 rings (SSSR count). The molecule has 0 aliphatic heterocycles. The van der Waals surface area contributed by atoms with Crippen molar-refractivity contribution in [2.24, 2.45) is 0 Å². The molecule has 0 saturated carbocycles. The maximum Gasteiger partial charge on any atom is 0.267 e. The van der Waals surface area contributed by atoms with Gasteiger partial charge < -0.3 is 14.5 Å². The molecule has 0 aromatic rings. The van der Waals surface area contributed by atoms with Gasteiger partial charge in [0.15, 0.2) is 0 Å². The summed E-state index contributed by atoms with van der Waals surface area (Å²) >= 11 is 0. The van der Waals surface area contributed by atoms with E-state index in [0.717, 1.165) is 26.2 Å². The lowest BCUT2D eigenvalue weighted by molar-refractivity contribution is 0.456. The molecule has 0 heterocycles. The summed E-state index contributed by atoms with van der Waals surface area (Å²) in [5.41, 5.74) is 0. The first-order chi connectivity index (χ1) is 5.79. The fourth-order valence-corrected chi connectivity index (χ4v) is 3.47. The molecule has 0 aliphatic rings. The predicted octanol–water partition coefficient (Wildman–Crippen LogP) is 0.264. The first-order valence-electron chi connectivity index (χ1n) is 5.00. The van der Waals surface area contributed by atoms with Crippen molar-refractivity contribution in [1.29, 1.82) is 0 Å². The average molecular weight is 189 g/mol. The Labute approximate surface area is 78.4 Å².